The van der Waals surface area contributed by atoms with E-state index in [-0.39, 0.29) is 6.04 Å². The predicted octanol–water partition coefficient (Wildman–Crippen LogP) is 2.48. The van der Waals surface area contributed by atoms with Gasteiger partial charge in [0.2, 0.25) is 11.8 Å². The van der Waals surface area contributed by atoms with E-state index in [0.717, 1.165) is 43.5 Å². The van der Waals surface area contributed by atoms with Gasteiger partial charge in [-0.15, -0.1) is 10.2 Å². The lowest BCUT2D eigenvalue weighted by atomic mass is 10.2. The Morgan fingerprint density at radius 2 is 1.71 bits per heavy atom. The van der Waals surface area contributed by atoms with E-state index in [9.17, 15) is 0 Å². The molecule has 3 rings (SSSR count). The Morgan fingerprint density at radius 1 is 1.00 bits per heavy atom. The molecule has 0 radical (unpaired) electrons. The van der Waals surface area contributed by atoms with E-state index in [0.29, 0.717) is 17.7 Å². The molecular weight excluding hydrogens is 304 g/mol. The molecule has 0 unspecified atom stereocenters. The Kier molecular flexibility index (Phi) is 4.80. The minimum Gasteiger partial charge on any atom is -0.424 e. The molecule has 1 aliphatic heterocycles. The summed E-state index contributed by atoms with van der Waals surface area (Å²) in [4.78, 5) is 14.0. The largest absolute Gasteiger partial charge is 0.424 e. The van der Waals surface area contributed by atoms with Crippen LogP contribution in [-0.4, -0.2) is 51.2 Å². The zero-order valence-corrected chi connectivity index (χ0v) is 15.2. The molecule has 0 bridgehead atoms. The SMILES string of the molecule is Cc1cc(N2CCN([C@@H](C)c3nnc(C)o3)CC2)nc(C(C)C)n1. The maximum Gasteiger partial charge on any atom is 0.233 e. The number of hydrogen-bond donors (Lipinski definition) is 0. The second-order valence-corrected chi connectivity index (χ2v) is 6.74. The van der Waals surface area contributed by atoms with Crippen molar-refractivity contribution in [3.63, 3.8) is 0 Å². The smallest absolute Gasteiger partial charge is 0.233 e. The van der Waals surface area contributed by atoms with Crippen LogP contribution in [-0.2, 0) is 0 Å². The van der Waals surface area contributed by atoms with Crippen molar-refractivity contribution >= 4 is 5.82 Å². The molecule has 0 saturated carbocycles. The molecule has 1 atom stereocenters. The van der Waals surface area contributed by atoms with Crippen LogP contribution in [0.2, 0.25) is 0 Å². The third-order valence-corrected chi connectivity index (χ3v) is 4.46. The number of rotatable bonds is 4. The van der Waals surface area contributed by atoms with Gasteiger partial charge in [-0.3, -0.25) is 4.90 Å². The Labute approximate surface area is 143 Å². The van der Waals surface area contributed by atoms with E-state index in [2.05, 4.69) is 51.8 Å². The highest BCUT2D eigenvalue weighted by Crippen LogP contribution is 2.23. The quantitative estimate of drug-likeness (QED) is 0.853. The summed E-state index contributed by atoms with van der Waals surface area (Å²) in [5, 5.41) is 8.08. The molecule has 2 aromatic heterocycles. The number of aryl methyl sites for hydroxylation is 2. The molecule has 0 N–H and O–H groups in total. The van der Waals surface area contributed by atoms with Gasteiger partial charge < -0.3 is 9.32 Å². The van der Waals surface area contributed by atoms with Gasteiger partial charge in [-0.05, 0) is 13.8 Å². The van der Waals surface area contributed by atoms with Crippen LogP contribution in [0.1, 0.15) is 56.0 Å². The molecule has 0 aliphatic carbocycles. The van der Waals surface area contributed by atoms with Crippen LogP contribution in [0, 0.1) is 13.8 Å². The molecule has 1 saturated heterocycles. The number of nitrogens with zero attached hydrogens (tertiary/aromatic N) is 6. The van der Waals surface area contributed by atoms with Crippen LogP contribution >= 0.6 is 0 Å². The molecule has 1 aliphatic rings. The first kappa shape index (κ1) is 16.8. The summed E-state index contributed by atoms with van der Waals surface area (Å²) in [5.41, 5.74) is 1.03. The molecule has 24 heavy (non-hydrogen) atoms. The van der Waals surface area contributed by atoms with E-state index < -0.39 is 0 Å². The van der Waals surface area contributed by atoms with Crippen molar-refractivity contribution in [3.8, 4) is 0 Å². The van der Waals surface area contributed by atoms with Gasteiger partial charge >= 0.3 is 0 Å². The van der Waals surface area contributed by atoms with Gasteiger partial charge in [-0.1, -0.05) is 13.8 Å². The predicted molar refractivity (Wildman–Crippen MR) is 92.1 cm³/mol. The highest BCUT2D eigenvalue weighted by Gasteiger charge is 2.26. The lowest BCUT2D eigenvalue weighted by Crippen LogP contribution is -2.47. The zero-order chi connectivity index (χ0) is 17.3. The molecule has 2 aromatic rings. The molecular formula is C17H26N6O. The van der Waals surface area contributed by atoms with E-state index >= 15 is 0 Å². The number of piperazine rings is 1. The maximum atomic E-state index is 5.57. The number of hydrogen-bond acceptors (Lipinski definition) is 7. The highest BCUT2D eigenvalue weighted by atomic mass is 16.4. The molecule has 7 heteroatoms. The van der Waals surface area contributed by atoms with Crippen LogP contribution in [0.3, 0.4) is 0 Å². The lowest BCUT2D eigenvalue weighted by Gasteiger charge is -2.37. The van der Waals surface area contributed by atoms with Crippen LogP contribution in [0.15, 0.2) is 10.5 Å². The molecule has 0 spiro atoms. The standard InChI is InChI=1S/C17H26N6O/c1-11(2)16-18-12(3)10-15(19-16)23-8-6-22(7-9-23)13(4)17-21-20-14(5)24-17/h10-11,13H,6-9H2,1-5H3/t13-/m0/s1. The number of anilines is 1. The molecule has 7 nitrogen and oxygen atoms in total. The van der Waals surface area contributed by atoms with Gasteiger partial charge in [-0.25, -0.2) is 9.97 Å². The fraction of sp³-hybridized carbons (Fsp3) is 0.647. The van der Waals surface area contributed by atoms with Crippen LogP contribution in [0.5, 0.6) is 0 Å². The summed E-state index contributed by atoms with van der Waals surface area (Å²) in [5.74, 6) is 3.61. The Bertz CT molecular complexity index is 690. The molecule has 3 heterocycles. The third kappa shape index (κ3) is 3.56. The monoisotopic (exact) mass is 330 g/mol. The van der Waals surface area contributed by atoms with E-state index in [4.69, 9.17) is 9.40 Å². The summed E-state index contributed by atoms with van der Waals surface area (Å²) >= 11 is 0. The zero-order valence-electron chi connectivity index (χ0n) is 15.2. The summed E-state index contributed by atoms with van der Waals surface area (Å²) in [6.45, 7) is 14.0. The summed E-state index contributed by atoms with van der Waals surface area (Å²) < 4.78 is 5.57. The Hall–Kier alpha value is -2.02. The summed E-state index contributed by atoms with van der Waals surface area (Å²) in [6, 6.07) is 2.22. The van der Waals surface area contributed by atoms with Gasteiger partial charge in [0, 0.05) is 50.8 Å². The van der Waals surface area contributed by atoms with Crippen molar-refractivity contribution in [3.05, 3.63) is 29.4 Å². The lowest BCUT2D eigenvalue weighted by molar-refractivity contribution is 0.171. The second kappa shape index (κ2) is 6.84. The molecule has 1 fully saturated rings. The van der Waals surface area contributed by atoms with Crippen molar-refractivity contribution in [2.45, 2.75) is 46.6 Å². The second-order valence-electron chi connectivity index (χ2n) is 6.74. The molecule has 0 aromatic carbocycles. The fourth-order valence-corrected chi connectivity index (χ4v) is 2.97. The van der Waals surface area contributed by atoms with Crippen molar-refractivity contribution < 1.29 is 4.42 Å². The van der Waals surface area contributed by atoms with Crippen molar-refractivity contribution in [1.29, 1.82) is 0 Å². The molecule has 0 amide bonds. The summed E-state index contributed by atoms with van der Waals surface area (Å²) in [6.07, 6.45) is 0. The third-order valence-electron chi connectivity index (χ3n) is 4.46. The minimum absolute atomic E-state index is 0.145. The first-order valence-electron chi connectivity index (χ1n) is 8.58. The van der Waals surface area contributed by atoms with Gasteiger partial charge in [-0.2, -0.15) is 0 Å². The topological polar surface area (TPSA) is 71.2 Å². The van der Waals surface area contributed by atoms with Gasteiger partial charge in [0.05, 0.1) is 6.04 Å². The fourth-order valence-electron chi connectivity index (χ4n) is 2.97. The Morgan fingerprint density at radius 3 is 2.29 bits per heavy atom. The number of aromatic nitrogens is 4. The van der Waals surface area contributed by atoms with Crippen LogP contribution < -0.4 is 4.90 Å². The van der Waals surface area contributed by atoms with Crippen LogP contribution in [0.4, 0.5) is 5.82 Å². The normalized spacial score (nSPS) is 17.5. The van der Waals surface area contributed by atoms with Crippen molar-refractivity contribution in [1.82, 2.24) is 25.1 Å². The highest BCUT2D eigenvalue weighted by molar-refractivity contribution is 5.40. The first-order valence-corrected chi connectivity index (χ1v) is 8.58. The van der Waals surface area contributed by atoms with E-state index in [1.165, 1.54) is 0 Å². The van der Waals surface area contributed by atoms with Crippen molar-refractivity contribution in [2.24, 2.45) is 0 Å². The summed E-state index contributed by atoms with van der Waals surface area (Å²) in [7, 11) is 0. The average Bonchev–Trinajstić information content (AvgIpc) is 3.00. The van der Waals surface area contributed by atoms with Crippen LogP contribution in [0.25, 0.3) is 0 Å². The molecule has 130 valence electrons. The Balaban J connectivity index is 1.67. The maximum absolute atomic E-state index is 5.57. The van der Waals surface area contributed by atoms with E-state index in [1.54, 1.807) is 0 Å². The first-order chi connectivity index (χ1) is 11.4. The minimum atomic E-state index is 0.145. The van der Waals surface area contributed by atoms with Crippen molar-refractivity contribution in [2.75, 3.05) is 31.1 Å². The average molecular weight is 330 g/mol. The van der Waals surface area contributed by atoms with Gasteiger partial charge in [0.15, 0.2) is 0 Å². The van der Waals surface area contributed by atoms with Gasteiger partial charge in [0.25, 0.3) is 0 Å². The van der Waals surface area contributed by atoms with Gasteiger partial charge in [0.1, 0.15) is 11.6 Å². The van der Waals surface area contributed by atoms with E-state index in [1.807, 2.05) is 13.8 Å².